The first-order valence-corrected chi connectivity index (χ1v) is 7.30. The van der Waals surface area contributed by atoms with Gasteiger partial charge in [0.2, 0.25) is 17.6 Å². The zero-order chi connectivity index (χ0) is 17.7. The van der Waals surface area contributed by atoms with Crippen LogP contribution in [0.5, 0.6) is 0 Å². The van der Waals surface area contributed by atoms with Crippen LogP contribution in [-0.2, 0) is 20.7 Å². The van der Waals surface area contributed by atoms with Crippen LogP contribution < -0.4 is 5.32 Å². The average molecular weight is 335 g/mol. The van der Waals surface area contributed by atoms with Crippen molar-refractivity contribution in [2.75, 3.05) is 7.11 Å². The molecular formula is C16H18FN3O4. The lowest BCUT2D eigenvalue weighted by Gasteiger charge is -2.22. The third-order valence-electron chi connectivity index (χ3n) is 3.28. The van der Waals surface area contributed by atoms with Gasteiger partial charge in [-0.15, -0.1) is 0 Å². The molecule has 0 aliphatic rings. The van der Waals surface area contributed by atoms with Crippen molar-refractivity contribution in [2.24, 2.45) is 0 Å². The topological polar surface area (TPSA) is 94.3 Å². The van der Waals surface area contributed by atoms with Gasteiger partial charge in [0, 0.05) is 18.4 Å². The number of esters is 1. The molecule has 1 heterocycles. The molecule has 7 nitrogen and oxygen atoms in total. The lowest BCUT2D eigenvalue weighted by Crippen LogP contribution is -2.50. The van der Waals surface area contributed by atoms with Crippen LogP contribution in [-0.4, -0.2) is 34.7 Å². The Morgan fingerprint density at radius 1 is 1.29 bits per heavy atom. The molecule has 0 aliphatic carbocycles. The zero-order valence-corrected chi connectivity index (χ0v) is 13.6. The molecule has 0 saturated heterocycles. The molecule has 0 spiro atoms. The van der Waals surface area contributed by atoms with Gasteiger partial charge in [0.15, 0.2) is 0 Å². The fraction of sp³-hybridized carbons (Fsp3) is 0.375. The van der Waals surface area contributed by atoms with Crippen molar-refractivity contribution in [3.8, 4) is 11.4 Å². The third-order valence-corrected chi connectivity index (χ3v) is 3.28. The maximum absolute atomic E-state index is 12.9. The molecule has 0 fully saturated rings. The number of benzene rings is 1. The van der Waals surface area contributed by atoms with Crippen LogP contribution in [0.1, 0.15) is 26.2 Å². The summed E-state index contributed by atoms with van der Waals surface area (Å²) in [4.78, 5) is 27.6. The molecule has 2 rings (SSSR count). The second-order valence-corrected chi connectivity index (χ2v) is 5.68. The molecule has 1 aromatic carbocycles. The number of aromatic nitrogens is 2. The van der Waals surface area contributed by atoms with E-state index in [0.717, 1.165) is 0 Å². The van der Waals surface area contributed by atoms with Gasteiger partial charge in [0.25, 0.3) is 0 Å². The summed E-state index contributed by atoms with van der Waals surface area (Å²) >= 11 is 0. The molecule has 0 bridgehead atoms. The highest BCUT2D eigenvalue weighted by Crippen LogP contribution is 2.16. The fourth-order valence-corrected chi connectivity index (χ4v) is 2.01. The number of aryl methyl sites for hydroxylation is 1. The highest BCUT2D eigenvalue weighted by molar-refractivity contribution is 5.87. The number of nitrogens with zero attached hydrogens (tertiary/aromatic N) is 2. The monoisotopic (exact) mass is 335 g/mol. The summed E-state index contributed by atoms with van der Waals surface area (Å²) in [5, 5.41) is 6.37. The summed E-state index contributed by atoms with van der Waals surface area (Å²) in [6, 6.07) is 5.67. The number of methoxy groups -OCH3 is 1. The molecule has 8 heteroatoms. The highest BCUT2D eigenvalue weighted by atomic mass is 19.1. The summed E-state index contributed by atoms with van der Waals surface area (Å²) in [7, 11) is 1.26. The van der Waals surface area contributed by atoms with E-state index in [-0.39, 0.29) is 30.5 Å². The van der Waals surface area contributed by atoms with Crippen molar-refractivity contribution < 1.29 is 23.2 Å². The van der Waals surface area contributed by atoms with Crippen molar-refractivity contribution in [1.29, 1.82) is 0 Å². The molecule has 128 valence electrons. The van der Waals surface area contributed by atoms with E-state index in [4.69, 9.17) is 4.52 Å². The second-order valence-electron chi connectivity index (χ2n) is 5.68. The Kier molecular flexibility index (Phi) is 5.28. The Morgan fingerprint density at radius 2 is 1.96 bits per heavy atom. The van der Waals surface area contributed by atoms with Gasteiger partial charge in [-0.05, 0) is 38.1 Å². The summed E-state index contributed by atoms with van der Waals surface area (Å²) in [6.07, 6.45) is 0.294. The van der Waals surface area contributed by atoms with Crippen LogP contribution in [0.4, 0.5) is 4.39 Å². The number of ether oxygens (including phenoxy) is 1. The minimum Gasteiger partial charge on any atom is -0.467 e. The van der Waals surface area contributed by atoms with Gasteiger partial charge >= 0.3 is 5.97 Å². The largest absolute Gasteiger partial charge is 0.467 e. The van der Waals surface area contributed by atoms with Crippen molar-refractivity contribution >= 4 is 11.9 Å². The van der Waals surface area contributed by atoms with Crippen LogP contribution >= 0.6 is 0 Å². The summed E-state index contributed by atoms with van der Waals surface area (Å²) in [6.45, 7) is 3.10. The predicted molar refractivity (Wildman–Crippen MR) is 82.3 cm³/mol. The van der Waals surface area contributed by atoms with Gasteiger partial charge < -0.3 is 14.6 Å². The Labute approximate surface area is 138 Å². The van der Waals surface area contributed by atoms with Gasteiger partial charge in [-0.2, -0.15) is 4.98 Å². The number of hydrogen-bond acceptors (Lipinski definition) is 6. The van der Waals surface area contributed by atoms with Crippen molar-refractivity contribution in [1.82, 2.24) is 15.5 Å². The Bertz CT molecular complexity index is 725. The number of halogens is 1. The third kappa shape index (κ3) is 4.37. The first-order valence-electron chi connectivity index (χ1n) is 7.30. The van der Waals surface area contributed by atoms with E-state index in [2.05, 4.69) is 20.2 Å². The van der Waals surface area contributed by atoms with Crippen LogP contribution in [0.15, 0.2) is 28.8 Å². The molecule has 1 aromatic heterocycles. The lowest BCUT2D eigenvalue weighted by atomic mass is 10.1. The van der Waals surface area contributed by atoms with Gasteiger partial charge in [0.1, 0.15) is 11.4 Å². The minimum absolute atomic E-state index is 0.0749. The Hall–Kier alpha value is -2.77. The van der Waals surface area contributed by atoms with Crippen molar-refractivity contribution in [2.45, 2.75) is 32.2 Å². The zero-order valence-electron chi connectivity index (χ0n) is 13.6. The maximum atomic E-state index is 12.9. The summed E-state index contributed by atoms with van der Waals surface area (Å²) < 4.78 is 22.6. The number of rotatable bonds is 6. The molecule has 2 aromatic rings. The number of hydrogen-bond donors (Lipinski definition) is 1. The molecule has 0 unspecified atom stereocenters. The predicted octanol–water partition coefficient (Wildman–Crippen LogP) is 1.88. The van der Waals surface area contributed by atoms with E-state index in [0.29, 0.717) is 11.4 Å². The minimum atomic E-state index is -1.11. The van der Waals surface area contributed by atoms with E-state index in [9.17, 15) is 14.0 Å². The number of amides is 1. The molecule has 1 amide bonds. The standard InChI is InChI=1S/C16H18FN3O4/c1-16(2,15(22)23-3)19-12(21)8-9-13-18-14(20-24-13)10-4-6-11(17)7-5-10/h4-7H,8-9H2,1-3H3,(H,19,21). The van der Waals surface area contributed by atoms with E-state index < -0.39 is 11.5 Å². The molecule has 0 saturated carbocycles. The van der Waals surface area contributed by atoms with E-state index in [1.165, 1.54) is 31.4 Å². The normalized spacial score (nSPS) is 11.2. The molecule has 0 aliphatic heterocycles. The van der Waals surface area contributed by atoms with Crippen LogP contribution in [0.3, 0.4) is 0 Å². The smallest absolute Gasteiger partial charge is 0.330 e. The average Bonchev–Trinajstić information content (AvgIpc) is 3.01. The van der Waals surface area contributed by atoms with Gasteiger partial charge in [0.05, 0.1) is 7.11 Å². The first kappa shape index (κ1) is 17.6. The Balaban J connectivity index is 1.92. The highest BCUT2D eigenvalue weighted by Gasteiger charge is 2.30. The van der Waals surface area contributed by atoms with Gasteiger partial charge in [-0.1, -0.05) is 5.16 Å². The summed E-state index contributed by atoms with van der Waals surface area (Å²) in [5.74, 6) is -0.632. The molecular weight excluding hydrogens is 317 g/mol. The number of nitrogens with one attached hydrogen (secondary N) is 1. The molecule has 1 N–H and O–H groups in total. The Morgan fingerprint density at radius 3 is 2.58 bits per heavy atom. The number of carbonyl (C=O) groups is 2. The second kappa shape index (κ2) is 7.20. The van der Waals surface area contributed by atoms with E-state index in [1.54, 1.807) is 13.8 Å². The van der Waals surface area contributed by atoms with Gasteiger partial charge in [-0.3, -0.25) is 4.79 Å². The number of carbonyl (C=O) groups excluding carboxylic acids is 2. The quantitative estimate of drug-likeness (QED) is 0.810. The molecule has 0 atom stereocenters. The lowest BCUT2D eigenvalue weighted by molar-refractivity contribution is -0.149. The van der Waals surface area contributed by atoms with E-state index in [1.807, 2.05) is 0 Å². The molecule has 24 heavy (non-hydrogen) atoms. The van der Waals surface area contributed by atoms with Crippen molar-refractivity contribution in [3.63, 3.8) is 0 Å². The van der Waals surface area contributed by atoms with Crippen LogP contribution in [0.2, 0.25) is 0 Å². The first-order chi connectivity index (χ1) is 11.3. The van der Waals surface area contributed by atoms with Gasteiger partial charge in [-0.25, -0.2) is 9.18 Å². The SMILES string of the molecule is COC(=O)C(C)(C)NC(=O)CCc1nc(-c2ccc(F)cc2)no1. The van der Waals surface area contributed by atoms with E-state index >= 15 is 0 Å². The van der Waals surface area contributed by atoms with Crippen LogP contribution in [0.25, 0.3) is 11.4 Å². The summed E-state index contributed by atoms with van der Waals surface area (Å²) in [5.41, 5.74) is -0.498. The van der Waals surface area contributed by atoms with Crippen LogP contribution in [0, 0.1) is 5.82 Å². The fourth-order valence-electron chi connectivity index (χ4n) is 2.01. The van der Waals surface area contributed by atoms with Crippen molar-refractivity contribution in [3.05, 3.63) is 36.0 Å². The maximum Gasteiger partial charge on any atom is 0.330 e. The molecule has 0 radical (unpaired) electrons.